The maximum Gasteiger partial charge on any atom is 0.138 e. The summed E-state index contributed by atoms with van der Waals surface area (Å²) in [5.41, 5.74) is 0.105. The lowest BCUT2D eigenvalue weighted by atomic mass is 9.78. The highest BCUT2D eigenvalue weighted by Gasteiger charge is 2.42. The standard InChI is InChI=1S/C14H26N4O2/c1-4-18-13(16-11-17-18)9-14(5-7-20-12(14)2)10-15-6-8-19-3/h11-12,15H,4-10H2,1-3H3. The van der Waals surface area contributed by atoms with E-state index in [1.807, 2.05) is 4.68 Å². The van der Waals surface area contributed by atoms with E-state index < -0.39 is 0 Å². The first-order valence-corrected chi connectivity index (χ1v) is 7.40. The third-order valence-corrected chi connectivity index (χ3v) is 4.30. The van der Waals surface area contributed by atoms with Crippen LogP contribution < -0.4 is 5.32 Å². The highest BCUT2D eigenvalue weighted by Crippen LogP contribution is 2.37. The van der Waals surface area contributed by atoms with E-state index in [0.29, 0.717) is 0 Å². The molecule has 1 fully saturated rings. The summed E-state index contributed by atoms with van der Waals surface area (Å²) in [7, 11) is 1.72. The molecule has 20 heavy (non-hydrogen) atoms. The molecule has 1 saturated heterocycles. The predicted molar refractivity (Wildman–Crippen MR) is 76.6 cm³/mol. The van der Waals surface area contributed by atoms with Crippen molar-refractivity contribution in [2.75, 3.05) is 33.4 Å². The molecule has 0 saturated carbocycles. The van der Waals surface area contributed by atoms with Crippen molar-refractivity contribution in [1.29, 1.82) is 0 Å². The summed E-state index contributed by atoms with van der Waals surface area (Å²) >= 11 is 0. The van der Waals surface area contributed by atoms with Crippen LogP contribution in [0.15, 0.2) is 6.33 Å². The van der Waals surface area contributed by atoms with Crippen LogP contribution in [0.2, 0.25) is 0 Å². The van der Waals surface area contributed by atoms with Gasteiger partial charge in [-0.05, 0) is 20.3 Å². The lowest BCUT2D eigenvalue weighted by Crippen LogP contribution is -2.42. The molecule has 114 valence electrons. The summed E-state index contributed by atoms with van der Waals surface area (Å²) < 4.78 is 12.9. The number of hydrogen-bond acceptors (Lipinski definition) is 5. The zero-order valence-corrected chi connectivity index (χ0v) is 12.8. The normalized spacial score (nSPS) is 26.2. The second-order valence-electron chi connectivity index (χ2n) is 5.46. The lowest BCUT2D eigenvalue weighted by Gasteiger charge is -2.32. The zero-order valence-electron chi connectivity index (χ0n) is 12.8. The zero-order chi connectivity index (χ0) is 14.4. The summed E-state index contributed by atoms with van der Waals surface area (Å²) in [5, 5.41) is 7.75. The Morgan fingerprint density at radius 3 is 3.10 bits per heavy atom. The second-order valence-corrected chi connectivity index (χ2v) is 5.46. The highest BCUT2D eigenvalue weighted by molar-refractivity contribution is 5.00. The van der Waals surface area contributed by atoms with E-state index in [1.54, 1.807) is 13.4 Å². The maximum absolute atomic E-state index is 5.82. The molecule has 0 aromatic carbocycles. The Bertz CT molecular complexity index is 410. The van der Waals surface area contributed by atoms with E-state index in [4.69, 9.17) is 9.47 Å². The minimum absolute atomic E-state index is 0.105. The van der Waals surface area contributed by atoms with Crippen molar-refractivity contribution in [3.63, 3.8) is 0 Å². The molecule has 1 N–H and O–H groups in total. The van der Waals surface area contributed by atoms with Crippen LogP contribution in [0.5, 0.6) is 0 Å². The minimum Gasteiger partial charge on any atom is -0.383 e. The molecule has 6 nitrogen and oxygen atoms in total. The Morgan fingerprint density at radius 2 is 2.45 bits per heavy atom. The number of methoxy groups -OCH3 is 1. The molecule has 6 heteroatoms. The number of aromatic nitrogens is 3. The molecule has 0 bridgehead atoms. The first-order chi connectivity index (χ1) is 9.72. The Labute approximate surface area is 120 Å². The van der Waals surface area contributed by atoms with Gasteiger partial charge < -0.3 is 14.8 Å². The second kappa shape index (κ2) is 7.15. The van der Waals surface area contributed by atoms with Crippen LogP contribution in [0.25, 0.3) is 0 Å². The Kier molecular flexibility index (Phi) is 5.51. The van der Waals surface area contributed by atoms with Crippen LogP contribution >= 0.6 is 0 Å². The summed E-state index contributed by atoms with van der Waals surface area (Å²) in [6, 6.07) is 0. The average Bonchev–Trinajstić information content (AvgIpc) is 3.03. The minimum atomic E-state index is 0.105. The Hall–Kier alpha value is -0.980. The molecule has 0 aliphatic carbocycles. The van der Waals surface area contributed by atoms with Gasteiger partial charge in [0.2, 0.25) is 0 Å². The van der Waals surface area contributed by atoms with Gasteiger partial charge >= 0.3 is 0 Å². The van der Waals surface area contributed by atoms with E-state index in [-0.39, 0.29) is 11.5 Å². The van der Waals surface area contributed by atoms with Crippen LogP contribution in [0.3, 0.4) is 0 Å². The molecule has 1 aliphatic rings. The van der Waals surface area contributed by atoms with Crippen LogP contribution in [-0.2, 0) is 22.4 Å². The number of nitrogens with one attached hydrogen (secondary N) is 1. The summed E-state index contributed by atoms with van der Waals surface area (Å²) in [5.74, 6) is 1.05. The van der Waals surface area contributed by atoms with Gasteiger partial charge in [-0.3, -0.25) is 4.68 Å². The largest absolute Gasteiger partial charge is 0.383 e. The summed E-state index contributed by atoms with van der Waals surface area (Å²) in [6.45, 7) is 8.47. The molecule has 1 aromatic heterocycles. The molecule has 2 unspecified atom stereocenters. The number of aryl methyl sites for hydroxylation is 1. The van der Waals surface area contributed by atoms with E-state index in [0.717, 1.165) is 51.5 Å². The third-order valence-electron chi connectivity index (χ3n) is 4.30. The van der Waals surface area contributed by atoms with Gasteiger partial charge in [-0.2, -0.15) is 5.10 Å². The van der Waals surface area contributed by atoms with Crippen LogP contribution in [0, 0.1) is 5.41 Å². The van der Waals surface area contributed by atoms with Crippen molar-refractivity contribution < 1.29 is 9.47 Å². The van der Waals surface area contributed by atoms with E-state index in [1.165, 1.54) is 0 Å². The molecule has 2 heterocycles. The molecule has 1 aromatic rings. The van der Waals surface area contributed by atoms with E-state index in [9.17, 15) is 0 Å². The van der Waals surface area contributed by atoms with Crippen molar-refractivity contribution in [1.82, 2.24) is 20.1 Å². The average molecular weight is 282 g/mol. The smallest absolute Gasteiger partial charge is 0.138 e. The SMILES string of the molecule is CCn1ncnc1CC1(CNCCOC)CCOC1C. The molecule has 0 spiro atoms. The highest BCUT2D eigenvalue weighted by atomic mass is 16.5. The number of ether oxygens (including phenoxy) is 2. The van der Waals surface area contributed by atoms with Crippen molar-refractivity contribution in [3.05, 3.63) is 12.2 Å². The van der Waals surface area contributed by atoms with Crippen molar-refractivity contribution in [3.8, 4) is 0 Å². The lowest BCUT2D eigenvalue weighted by molar-refractivity contribution is 0.0604. The van der Waals surface area contributed by atoms with Crippen LogP contribution in [-0.4, -0.2) is 54.3 Å². The Balaban J connectivity index is 2.03. The number of hydrogen-bond donors (Lipinski definition) is 1. The molecule has 2 rings (SSSR count). The van der Waals surface area contributed by atoms with Crippen molar-refractivity contribution in [2.45, 2.75) is 39.3 Å². The first kappa shape index (κ1) is 15.4. The van der Waals surface area contributed by atoms with Gasteiger partial charge in [0.1, 0.15) is 12.2 Å². The van der Waals surface area contributed by atoms with Crippen molar-refractivity contribution in [2.24, 2.45) is 5.41 Å². The Morgan fingerprint density at radius 1 is 1.60 bits per heavy atom. The molecule has 0 radical (unpaired) electrons. The van der Waals surface area contributed by atoms with Gasteiger partial charge in [0.05, 0.1) is 12.7 Å². The summed E-state index contributed by atoms with van der Waals surface area (Å²) in [4.78, 5) is 4.42. The molecule has 2 atom stereocenters. The van der Waals surface area contributed by atoms with Gasteiger partial charge in [-0.25, -0.2) is 4.98 Å². The van der Waals surface area contributed by atoms with Gasteiger partial charge in [0.15, 0.2) is 0 Å². The molecular weight excluding hydrogens is 256 g/mol. The van der Waals surface area contributed by atoms with Crippen molar-refractivity contribution >= 4 is 0 Å². The van der Waals surface area contributed by atoms with Gasteiger partial charge in [0, 0.05) is 45.2 Å². The van der Waals surface area contributed by atoms with Crippen LogP contribution in [0.1, 0.15) is 26.1 Å². The fourth-order valence-electron chi connectivity index (χ4n) is 2.86. The predicted octanol–water partition coefficient (Wildman–Crippen LogP) is 0.872. The first-order valence-electron chi connectivity index (χ1n) is 7.40. The fourth-order valence-corrected chi connectivity index (χ4v) is 2.86. The van der Waals surface area contributed by atoms with Gasteiger partial charge in [0.25, 0.3) is 0 Å². The topological polar surface area (TPSA) is 61.2 Å². The molecule has 0 amide bonds. The number of nitrogens with zero attached hydrogens (tertiary/aromatic N) is 3. The quantitative estimate of drug-likeness (QED) is 0.717. The summed E-state index contributed by atoms with van der Waals surface area (Å²) in [6.07, 6.45) is 3.84. The monoisotopic (exact) mass is 282 g/mol. The third kappa shape index (κ3) is 3.37. The van der Waals surface area contributed by atoms with E-state index >= 15 is 0 Å². The maximum atomic E-state index is 5.82. The van der Waals surface area contributed by atoms with E-state index in [2.05, 4.69) is 29.2 Å². The number of rotatable bonds is 8. The molecular formula is C14H26N4O2. The fraction of sp³-hybridized carbons (Fsp3) is 0.857. The van der Waals surface area contributed by atoms with Crippen LogP contribution in [0.4, 0.5) is 0 Å². The van der Waals surface area contributed by atoms with Gasteiger partial charge in [-0.15, -0.1) is 0 Å². The molecule has 1 aliphatic heterocycles. The van der Waals surface area contributed by atoms with Gasteiger partial charge in [-0.1, -0.05) is 0 Å².